The lowest BCUT2D eigenvalue weighted by Gasteiger charge is -2.25. The molecule has 0 spiro atoms. The summed E-state index contributed by atoms with van der Waals surface area (Å²) in [6.07, 6.45) is 0. The van der Waals surface area contributed by atoms with Crippen LogP contribution in [0.5, 0.6) is 0 Å². The Morgan fingerprint density at radius 3 is 1.13 bits per heavy atom. The molecule has 15 heavy (non-hydrogen) atoms. The predicted octanol–water partition coefficient (Wildman–Crippen LogP) is 3.59. The molecule has 0 saturated carbocycles. The molecule has 0 unspecified atom stereocenters. The summed E-state index contributed by atoms with van der Waals surface area (Å²) in [6.45, 7) is 15.7. The van der Waals surface area contributed by atoms with Gasteiger partial charge in [-0.3, -0.25) is 0 Å². The number of rotatable bonds is 5. The first kappa shape index (κ1) is 17.8. The monoisotopic (exact) mass is 248 g/mol. The molecule has 0 fully saturated rings. The summed E-state index contributed by atoms with van der Waals surface area (Å²) in [4.78, 5) is 0. The summed E-state index contributed by atoms with van der Waals surface area (Å²) in [5.74, 6) is 1.70. The normalized spacial score (nSPS) is 11.8. The zero-order valence-electron chi connectivity index (χ0n) is 12.2. The second kappa shape index (κ2) is 9.61. The summed E-state index contributed by atoms with van der Waals surface area (Å²) >= 11 is 0. The van der Waals surface area contributed by atoms with E-state index in [1.54, 1.807) is 0 Å². The largest absolute Gasteiger partial charge is 0.463 e. The first-order chi connectivity index (χ1) is 6.89. The number of hydrogen-bond donors (Lipinski definition) is 0. The van der Waals surface area contributed by atoms with Crippen molar-refractivity contribution in [1.29, 1.82) is 0 Å². The number of hydrogen-bond acceptors (Lipinski definition) is 1. The Bertz CT molecular complexity index is 108. The maximum atomic E-state index is 5.66. The average molecular weight is 249 g/mol. The van der Waals surface area contributed by atoms with Gasteiger partial charge in [-0.1, -0.05) is 48.5 Å². The molecule has 0 aromatic heterocycles. The Kier molecular flexibility index (Phi) is 11.4. The second-order valence-corrected chi connectivity index (χ2v) is 11.1. The van der Waals surface area contributed by atoms with Crippen LogP contribution >= 0.6 is 0 Å². The van der Waals surface area contributed by atoms with Gasteiger partial charge in [-0.05, 0) is 30.0 Å². The molecule has 0 bridgehead atoms. The first-order valence-corrected chi connectivity index (χ1v) is 9.78. The SMILES string of the molecule is CC(C)C(C)C.CC[Si](CC)(CC)O[SiH3]. The Morgan fingerprint density at radius 1 is 0.867 bits per heavy atom. The third-order valence-electron chi connectivity index (χ3n) is 3.70. The quantitative estimate of drug-likeness (QED) is 0.676. The molecule has 0 aromatic carbocycles. The van der Waals surface area contributed by atoms with E-state index in [2.05, 4.69) is 48.5 Å². The molecule has 0 aliphatic carbocycles. The zero-order chi connectivity index (χ0) is 12.5. The lowest BCUT2D eigenvalue weighted by atomic mass is 10.0. The Balaban J connectivity index is 0. The van der Waals surface area contributed by atoms with Gasteiger partial charge in [0.1, 0.15) is 10.5 Å². The molecule has 0 aromatic rings. The molecule has 0 heterocycles. The van der Waals surface area contributed by atoms with Crippen LogP contribution in [0.4, 0.5) is 0 Å². The van der Waals surface area contributed by atoms with E-state index in [0.29, 0.717) is 0 Å². The molecule has 1 nitrogen and oxygen atoms in total. The highest BCUT2D eigenvalue weighted by atomic mass is 28.4. The van der Waals surface area contributed by atoms with Crippen LogP contribution in [0, 0.1) is 11.8 Å². The fraction of sp³-hybridized carbons (Fsp3) is 1.00. The van der Waals surface area contributed by atoms with E-state index in [4.69, 9.17) is 4.12 Å². The lowest BCUT2D eigenvalue weighted by molar-refractivity contribution is 0.457. The highest BCUT2D eigenvalue weighted by Crippen LogP contribution is 2.19. The highest BCUT2D eigenvalue weighted by molar-refractivity contribution is 6.75. The van der Waals surface area contributed by atoms with Crippen LogP contribution in [-0.4, -0.2) is 18.8 Å². The van der Waals surface area contributed by atoms with Gasteiger partial charge in [0.25, 0.3) is 0 Å². The van der Waals surface area contributed by atoms with Gasteiger partial charge in [-0.15, -0.1) is 0 Å². The van der Waals surface area contributed by atoms with Crippen molar-refractivity contribution >= 4 is 18.8 Å². The van der Waals surface area contributed by atoms with Crippen LogP contribution in [0.15, 0.2) is 0 Å². The van der Waals surface area contributed by atoms with Gasteiger partial charge in [-0.25, -0.2) is 0 Å². The van der Waals surface area contributed by atoms with E-state index < -0.39 is 8.32 Å². The topological polar surface area (TPSA) is 9.23 Å². The Hall–Kier alpha value is 0.394. The molecule has 0 aliphatic rings. The van der Waals surface area contributed by atoms with Gasteiger partial charge in [0.2, 0.25) is 0 Å². The maximum absolute atomic E-state index is 5.66. The van der Waals surface area contributed by atoms with Crippen molar-refractivity contribution < 1.29 is 4.12 Å². The predicted molar refractivity (Wildman–Crippen MR) is 77.9 cm³/mol. The van der Waals surface area contributed by atoms with Crippen LogP contribution in [0.25, 0.3) is 0 Å². The standard InChI is InChI=1S/C6H18OSi2.C6H14/c1-4-9(5-2,6-3)7-8;1-5(2)6(3)4/h4-6H2,1-3,8H3;5-6H,1-4H3. The van der Waals surface area contributed by atoms with E-state index >= 15 is 0 Å². The molecule has 0 amide bonds. The summed E-state index contributed by atoms with van der Waals surface area (Å²) in [6, 6.07) is 3.89. The molecule has 0 rings (SSSR count). The van der Waals surface area contributed by atoms with Crippen molar-refractivity contribution in [2.24, 2.45) is 11.8 Å². The molecule has 0 atom stereocenters. The van der Waals surface area contributed by atoms with Gasteiger partial charge in [0.05, 0.1) is 0 Å². The van der Waals surface area contributed by atoms with Crippen molar-refractivity contribution in [2.75, 3.05) is 0 Å². The zero-order valence-corrected chi connectivity index (χ0v) is 15.2. The van der Waals surface area contributed by atoms with Crippen molar-refractivity contribution in [2.45, 2.75) is 66.6 Å². The second-order valence-electron chi connectivity index (χ2n) is 4.94. The van der Waals surface area contributed by atoms with Crippen LogP contribution < -0.4 is 0 Å². The van der Waals surface area contributed by atoms with Crippen LogP contribution in [0.1, 0.15) is 48.5 Å². The minimum Gasteiger partial charge on any atom is -0.463 e. The van der Waals surface area contributed by atoms with Gasteiger partial charge in [0, 0.05) is 0 Å². The van der Waals surface area contributed by atoms with Crippen molar-refractivity contribution in [3.05, 3.63) is 0 Å². The molecular weight excluding hydrogens is 216 g/mol. The maximum Gasteiger partial charge on any atom is 0.178 e. The summed E-state index contributed by atoms with van der Waals surface area (Å²) in [7, 11) is -0.193. The van der Waals surface area contributed by atoms with E-state index in [1.807, 2.05) is 0 Å². The fourth-order valence-corrected chi connectivity index (χ4v) is 6.15. The summed E-state index contributed by atoms with van der Waals surface area (Å²) in [5.41, 5.74) is 0. The van der Waals surface area contributed by atoms with Gasteiger partial charge in [0.15, 0.2) is 8.32 Å². The molecule has 0 radical (unpaired) electrons. The fourth-order valence-electron chi connectivity index (χ4n) is 1.18. The first-order valence-electron chi connectivity index (χ1n) is 6.44. The van der Waals surface area contributed by atoms with Crippen molar-refractivity contribution in [3.63, 3.8) is 0 Å². The third-order valence-corrected chi connectivity index (χ3v) is 11.0. The third kappa shape index (κ3) is 8.23. The molecule has 3 heteroatoms. The lowest BCUT2D eigenvalue weighted by Crippen LogP contribution is -2.34. The summed E-state index contributed by atoms with van der Waals surface area (Å²) in [5, 5.41) is 0. The van der Waals surface area contributed by atoms with Crippen molar-refractivity contribution in [3.8, 4) is 0 Å². The van der Waals surface area contributed by atoms with E-state index in [-0.39, 0.29) is 0 Å². The summed E-state index contributed by atoms with van der Waals surface area (Å²) < 4.78 is 5.66. The van der Waals surface area contributed by atoms with Gasteiger partial charge in [-0.2, -0.15) is 0 Å². The molecule has 0 saturated heterocycles. The van der Waals surface area contributed by atoms with E-state index in [0.717, 1.165) is 22.3 Å². The highest BCUT2D eigenvalue weighted by Gasteiger charge is 2.25. The Morgan fingerprint density at radius 2 is 1.13 bits per heavy atom. The van der Waals surface area contributed by atoms with Gasteiger partial charge < -0.3 is 4.12 Å². The van der Waals surface area contributed by atoms with Gasteiger partial charge >= 0.3 is 0 Å². The van der Waals surface area contributed by atoms with Crippen LogP contribution in [0.2, 0.25) is 18.1 Å². The van der Waals surface area contributed by atoms with Crippen LogP contribution in [-0.2, 0) is 4.12 Å². The molecule has 0 aliphatic heterocycles. The van der Waals surface area contributed by atoms with E-state index in [1.165, 1.54) is 18.1 Å². The minimum absolute atomic E-state index is 0.852. The average Bonchev–Trinajstić information content (AvgIpc) is 2.23. The molecule has 0 N–H and O–H groups in total. The van der Waals surface area contributed by atoms with Crippen molar-refractivity contribution in [1.82, 2.24) is 0 Å². The van der Waals surface area contributed by atoms with Crippen LogP contribution in [0.3, 0.4) is 0 Å². The van der Waals surface area contributed by atoms with E-state index in [9.17, 15) is 0 Å². The molecule has 94 valence electrons. The molecular formula is C12H32OSi2. The minimum atomic E-state index is -1.13. The smallest absolute Gasteiger partial charge is 0.178 e. The Labute approximate surface area is 102 Å².